The van der Waals surface area contributed by atoms with Gasteiger partial charge in [0.2, 0.25) is 0 Å². The normalized spacial score (nSPS) is 10.8. The molecule has 4 heterocycles. The van der Waals surface area contributed by atoms with Crippen LogP contribution in [0, 0.1) is 0 Å². The quantitative estimate of drug-likeness (QED) is 0.178. The smallest absolute Gasteiger partial charge is 0.181 e. The lowest BCUT2D eigenvalue weighted by Crippen LogP contribution is -1.89. The molecule has 0 aliphatic carbocycles. The average Bonchev–Trinajstić information content (AvgIpc) is 3.81. The molecule has 11 heteroatoms. The monoisotopic (exact) mass is 596 g/mol. The van der Waals surface area contributed by atoms with Crippen molar-refractivity contribution in [2.45, 2.75) is 59.3 Å². The van der Waals surface area contributed by atoms with Gasteiger partial charge in [-0.05, 0) is 36.4 Å². The highest BCUT2D eigenvalue weighted by Gasteiger charge is 2.09. The van der Waals surface area contributed by atoms with E-state index >= 15 is 0 Å². The third kappa shape index (κ3) is 8.89. The standard InChI is InChI=1S/C11H12ClN3.C11H13N3.C10H12N4/c1-7(2)10-13-11(15-14-10)8-3-5-9(12)6-4-8;1-8(2)10-12-11(14-13-10)9-6-4-3-5-7-9;1-7(2)9-12-10(14-13-9)8-3-5-11-6-4-8/h3-7H,1-2H3,(H,13,14,15);3-8H,1-2H3,(H,12,13,14);3-7H,1-2H3,(H,12,13,14). The van der Waals surface area contributed by atoms with Crippen molar-refractivity contribution in [3.8, 4) is 34.2 Å². The molecule has 0 amide bonds. The van der Waals surface area contributed by atoms with Crippen LogP contribution in [0.4, 0.5) is 0 Å². The zero-order valence-electron chi connectivity index (χ0n) is 25.2. The Hall–Kier alpha value is -4.70. The maximum Gasteiger partial charge on any atom is 0.181 e. The first kappa shape index (κ1) is 31.2. The Labute approximate surface area is 256 Å². The molecule has 43 heavy (non-hydrogen) atoms. The molecule has 0 aliphatic rings. The number of aromatic amines is 3. The van der Waals surface area contributed by atoms with Crippen LogP contribution >= 0.6 is 11.6 Å². The van der Waals surface area contributed by atoms with Gasteiger partial charge in [-0.15, -0.1) is 0 Å². The molecule has 6 aromatic rings. The largest absolute Gasteiger partial charge is 0.265 e. The molecule has 0 saturated heterocycles. The molecule has 0 aliphatic heterocycles. The molecule has 222 valence electrons. The van der Waals surface area contributed by atoms with Crippen molar-refractivity contribution < 1.29 is 0 Å². The minimum absolute atomic E-state index is 0.360. The fraction of sp³-hybridized carbons (Fsp3) is 0.281. The fourth-order valence-corrected chi connectivity index (χ4v) is 3.80. The predicted molar refractivity (Wildman–Crippen MR) is 171 cm³/mol. The number of benzene rings is 2. The summed E-state index contributed by atoms with van der Waals surface area (Å²) in [5.74, 6) is 6.10. The molecule has 4 aromatic heterocycles. The van der Waals surface area contributed by atoms with E-state index in [4.69, 9.17) is 11.6 Å². The lowest BCUT2D eigenvalue weighted by atomic mass is 10.2. The molecule has 2 aromatic carbocycles. The number of rotatable bonds is 6. The van der Waals surface area contributed by atoms with E-state index in [0.29, 0.717) is 17.8 Å². The lowest BCUT2D eigenvalue weighted by Gasteiger charge is -1.96. The van der Waals surface area contributed by atoms with Crippen LogP contribution in [0.3, 0.4) is 0 Å². The first-order valence-electron chi connectivity index (χ1n) is 14.2. The van der Waals surface area contributed by atoms with E-state index in [0.717, 1.165) is 56.7 Å². The second-order valence-electron chi connectivity index (χ2n) is 10.7. The van der Waals surface area contributed by atoms with Gasteiger partial charge in [-0.1, -0.05) is 83.5 Å². The number of pyridine rings is 1. The molecule has 0 bridgehead atoms. The van der Waals surface area contributed by atoms with E-state index in [9.17, 15) is 0 Å². The number of hydrogen-bond donors (Lipinski definition) is 3. The molecule has 0 fully saturated rings. The van der Waals surface area contributed by atoms with Crippen LogP contribution < -0.4 is 0 Å². The van der Waals surface area contributed by atoms with Crippen molar-refractivity contribution in [3.05, 3.63) is 102 Å². The Morgan fingerprint density at radius 2 is 0.860 bits per heavy atom. The third-order valence-corrected chi connectivity index (χ3v) is 6.47. The van der Waals surface area contributed by atoms with E-state index in [-0.39, 0.29) is 0 Å². The van der Waals surface area contributed by atoms with Gasteiger partial charge in [-0.3, -0.25) is 20.3 Å². The summed E-state index contributed by atoms with van der Waals surface area (Å²) >= 11 is 5.81. The Morgan fingerprint density at radius 1 is 0.488 bits per heavy atom. The van der Waals surface area contributed by atoms with Crippen LogP contribution in [0.15, 0.2) is 79.1 Å². The van der Waals surface area contributed by atoms with Crippen molar-refractivity contribution in [1.29, 1.82) is 0 Å². The Kier molecular flexibility index (Phi) is 10.9. The number of H-pyrrole nitrogens is 3. The van der Waals surface area contributed by atoms with Gasteiger partial charge < -0.3 is 0 Å². The first-order valence-corrected chi connectivity index (χ1v) is 14.6. The van der Waals surface area contributed by atoms with Gasteiger partial charge in [0.1, 0.15) is 17.5 Å². The van der Waals surface area contributed by atoms with Crippen LogP contribution in [0.5, 0.6) is 0 Å². The summed E-state index contributed by atoms with van der Waals surface area (Å²) in [5, 5.41) is 22.0. The number of halogens is 1. The topological polar surface area (TPSA) is 138 Å². The van der Waals surface area contributed by atoms with E-state index in [1.165, 1.54) is 0 Å². The molecule has 10 nitrogen and oxygen atoms in total. The lowest BCUT2D eigenvalue weighted by molar-refractivity contribution is 0.781. The maximum absolute atomic E-state index is 5.81. The van der Waals surface area contributed by atoms with E-state index in [1.54, 1.807) is 12.4 Å². The number of nitrogens with zero attached hydrogens (tertiary/aromatic N) is 7. The summed E-state index contributed by atoms with van der Waals surface area (Å²) in [4.78, 5) is 17.1. The van der Waals surface area contributed by atoms with Crippen LogP contribution in [-0.4, -0.2) is 50.5 Å². The second-order valence-corrected chi connectivity index (χ2v) is 11.1. The van der Waals surface area contributed by atoms with Crippen molar-refractivity contribution in [2.24, 2.45) is 0 Å². The SMILES string of the molecule is CC(C)c1nc(-c2ccc(Cl)cc2)n[nH]1.CC(C)c1nc(-c2ccccc2)n[nH]1.CC(C)c1nc(-c2ccncc2)n[nH]1. The summed E-state index contributed by atoms with van der Waals surface area (Å²) in [6.45, 7) is 12.5. The maximum atomic E-state index is 5.81. The molecule has 0 saturated carbocycles. The zero-order valence-corrected chi connectivity index (χ0v) is 26.0. The van der Waals surface area contributed by atoms with Gasteiger partial charge >= 0.3 is 0 Å². The van der Waals surface area contributed by atoms with Gasteiger partial charge in [0.15, 0.2) is 17.5 Å². The first-order chi connectivity index (χ1) is 20.7. The Balaban J connectivity index is 0.000000148. The molecule has 6 rings (SSSR count). The molecule has 0 unspecified atom stereocenters. The molecular weight excluding hydrogens is 560 g/mol. The van der Waals surface area contributed by atoms with Crippen molar-refractivity contribution in [1.82, 2.24) is 50.5 Å². The summed E-state index contributed by atoms with van der Waals surface area (Å²) in [6, 6.07) is 21.3. The van der Waals surface area contributed by atoms with Gasteiger partial charge in [-0.2, -0.15) is 15.3 Å². The minimum Gasteiger partial charge on any atom is -0.265 e. The predicted octanol–water partition coefficient (Wildman–Crippen LogP) is 7.83. The zero-order chi connectivity index (χ0) is 30.8. The summed E-state index contributed by atoms with van der Waals surface area (Å²) in [6.07, 6.45) is 3.47. The summed E-state index contributed by atoms with van der Waals surface area (Å²) in [5.41, 5.74) is 3.02. The van der Waals surface area contributed by atoms with Gasteiger partial charge in [0.25, 0.3) is 0 Å². The van der Waals surface area contributed by atoms with Gasteiger partial charge in [0.05, 0.1) is 0 Å². The van der Waals surface area contributed by atoms with Crippen LogP contribution in [0.25, 0.3) is 34.2 Å². The van der Waals surface area contributed by atoms with E-state index < -0.39 is 0 Å². The number of aromatic nitrogens is 10. The average molecular weight is 597 g/mol. The Morgan fingerprint density at radius 3 is 1.23 bits per heavy atom. The highest BCUT2D eigenvalue weighted by Crippen LogP contribution is 2.20. The fourth-order valence-electron chi connectivity index (χ4n) is 3.67. The second kappa shape index (κ2) is 15.0. The van der Waals surface area contributed by atoms with Crippen LogP contribution in [-0.2, 0) is 0 Å². The van der Waals surface area contributed by atoms with Crippen molar-refractivity contribution >= 4 is 11.6 Å². The van der Waals surface area contributed by atoms with E-state index in [1.807, 2.05) is 66.7 Å². The van der Waals surface area contributed by atoms with Crippen molar-refractivity contribution in [3.63, 3.8) is 0 Å². The van der Waals surface area contributed by atoms with Gasteiger partial charge in [0, 0.05) is 51.9 Å². The molecule has 3 N–H and O–H groups in total. The van der Waals surface area contributed by atoms with Crippen LogP contribution in [0.2, 0.25) is 5.02 Å². The number of nitrogens with one attached hydrogen (secondary N) is 3. The van der Waals surface area contributed by atoms with Crippen LogP contribution in [0.1, 0.15) is 76.8 Å². The third-order valence-electron chi connectivity index (χ3n) is 6.22. The number of hydrogen-bond acceptors (Lipinski definition) is 7. The van der Waals surface area contributed by atoms with Gasteiger partial charge in [-0.25, -0.2) is 15.0 Å². The molecule has 0 radical (unpaired) electrons. The Bertz CT molecular complexity index is 1570. The molecule has 0 atom stereocenters. The van der Waals surface area contributed by atoms with E-state index in [2.05, 4.69) is 92.1 Å². The minimum atomic E-state index is 0.360. The van der Waals surface area contributed by atoms with Crippen molar-refractivity contribution in [2.75, 3.05) is 0 Å². The highest BCUT2D eigenvalue weighted by molar-refractivity contribution is 6.30. The molecule has 0 spiro atoms. The highest BCUT2D eigenvalue weighted by atomic mass is 35.5. The summed E-state index contributed by atoms with van der Waals surface area (Å²) in [7, 11) is 0. The summed E-state index contributed by atoms with van der Waals surface area (Å²) < 4.78 is 0. The molecular formula is C32H37ClN10.